The molecular formula is C14H24ClN3O. The summed E-state index contributed by atoms with van der Waals surface area (Å²) in [6, 6.07) is 8.04. The van der Waals surface area contributed by atoms with Crippen LogP contribution in [0.15, 0.2) is 24.3 Å². The van der Waals surface area contributed by atoms with E-state index in [-0.39, 0.29) is 17.1 Å². The molecule has 19 heavy (non-hydrogen) atoms. The topological polar surface area (TPSA) is 49.5 Å². The number of nitrogens with two attached hydrogens (primary N) is 1. The van der Waals surface area contributed by atoms with Gasteiger partial charge in [0.05, 0.1) is 7.05 Å². The van der Waals surface area contributed by atoms with Crippen molar-refractivity contribution in [2.75, 3.05) is 43.9 Å². The molecule has 2 atom stereocenters. The zero-order valence-corrected chi connectivity index (χ0v) is 12.5. The summed E-state index contributed by atoms with van der Waals surface area (Å²) < 4.78 is 0.125. The standard InChI is InChI=1S/C14H24N3O.ClH/c1-3-17(2,18)11-12-8-9-16(10-12)14-6-4-13(15)5-7-14;/h4-7,12,18H,3,8-11,15H2,1-2H3;1H/q+1;/p-1. The fourth-order valence-electron chi connectivity index (χ4n) is 2.59. The van der Waals surface area contributed by atoms with Crippen LogP contribution >= 0.6 is 0 Å². The van der Waals surface area contributed by atoms with E-state index in [0.29, 0.717) is 5.92 Å². The maximum atomic E-state index is 10.1. The second kappa shape index (κ2) is 6.46. The highest BCUT2D eigenvalue weighted by atomic mass is 35.5. The van der Waals surface area contributed by atoms with Crippen LogP contribution in [0, 0.1) is 5.92 Å². The molecule has 4 nitrogen and oxygen atoms in total. The van der Waals surface area contributed by atoms with Gasteiger partial charge < -0.3 is 23.0 Å². The maximum Gasteiger partial charge on any atom is 0.113 e. The lowest BCUT2D eigenvalue weighted by molar-refractivity contribution is -1.09. The maximum absolute atomic E-state index is 10.1. The molecule has 0 aromatic heterocycles. The van der Waals surface area contributed by atoms with Crippen LogP contribution in [-0.2, 0) is 0 Å². The number of anilines is 2. The molecule has 1 saturated heterocycles. The Balaban J connectivity index is 0.00000180. The van der Waals surface area contributed by atoms with E-state index in [4.69, 9.17) is 5.73 Å². The van der Waals surface area contributed by atoms with E-state index in [9.17, 15) is 5.21 Å². The predicted octanol–water partition coefficient (Wildman–Crippen LogP) is -1.05. The molecule has 1 fully saturated rings. The van der Waals surface area contributed by atoms with Crippen LogP contribution in [0.1, 0.15) is 13.3 Å². The van der Waals surface area contributed by atoms with Crippen molar-refractivity contribution in [2.45, 2.75) is 13.3 Å². The minimum Gasteiger partial charge on any atom is -1.00 e. The quantitative estimate of drug-likeness (QED) is 0.422. The molecule has 5 heteroatoms. The Labute approximate surface area is 121 Å². The second-order valence-electron chi connectivity index (χ2n) is 5.53. The van der Waals surface area contributed by atoms with Gasteiger partial charge in [-0.2, -0.15) is 4.65 Å². The highest BCUT2D eigenvalue weighted by molar-refractivity contribution is 5.53. The third kappa shape index (κ3) is 4.27. The SMILES string of the molecule is CC[N+](C)(O)CC1CCN(c2ccc(N)cc2)C1.[Cl-]. The van der Waals surface area contributed by atoms with Crippen molar-refractivity contribution in [1.82, 2.24) is 0 Å². The van der Waals surface area contributed by atoms with Crippen LogP contribution in [0.2, 0.25) is 0 Å². The van der Waals surface area contributed by atoms with E-state index < -0.39 is 0 Å². The zero-order valence-electron chi connectivity index (χ0n) is 11.7. The Morgan fingerprint density at radius 3 is 2.58 bits per heavy atom. The van der Waals surface area contributed by atoms with Crippen LogP contribution in [0.3, 0.4) is 0 Å². The molecule has 108 valence electrons. The van der Waals surface area contributed by atoms with E-state index in [1.54, 1.807) is 0 Å². The van der Waals surface area contributed by atoms with Gasteiger partial charge in [0.15, 0.2) is 0 Å². The van der Waals surface area contributed by atoms with E-state index >= 15 is 0 Å². The molecule has 2 unspecified atom stereocenters. The zero-order chi connectivity index (χ0) is 13.2. The summed E-state index contributed by atoms with van der Waals surface area (Å²) in [5, 5.41) is 10.1. The monoisotopic (exact) mass is 285 g/mol. The molecule has 1 aliphatic rings. The Morgan fingerprint density at radius 2 is 2.00 bits per heavy atom. The van der Waals surface area contributed by atoms with Crippen LogP contribution in [0.25, 0.3) is 0 Å². The van der Waals surface area contributed by atoms with Crippen LogP contribution in [-0.4, -0.2) is 43.1 Å². The van der Waals surface area contributed by atoms with E-state index in [1.807, 2.05) is 26.1 Å². The predicted molar refractivity (Wildman–Crippen MR) is 74.6 cm³/mol. The van der Waals surface area contributed by atoms with Gasteiger partial charge in [0.1, 0.15) is 13.1 Å². The Bertz CT molecular complexity index is 394. The summed E-state index contributed by atoms with van der Waals surface area (Å²) in [4.78, 5) is 2.37. The molecule has 0 aliphatic carbocycles. The van der Waals surface area contributed by atoms with Gasteiger partial charge in [0, 0.05) is 30.4 Å². The van der Waals surface area contributed by atoms with Gasteiger partial charge in [-0.05, 0) is 37.6 Å². The smallest absolute Gasteiger partial charge is 0.113 e. The number of hydrogen-bond acceptors (Lipinski definition) is 3. The van der Waals surface area contributed by atoms with Gasteiger partial charge in [-0.3, -0.25) is 0 Å². The molecule has 1 aromatic carbocycles. The normalized spacial score (nSPS) is 21.8. The first-order valence-electron chi connectivity index (χ1n) is 6.68. The summed E-state index contributed by atoms with van der Waals surface area (Å²) in [5.74, 6) is 0.567. The molecule has 1 heterocycles. The number of benzene rings is 1. The summed E-state index contributed by atoms with van der Waals surface area (Å²) in [7, 11) is 1.88. The largest absolute Gasteiger partial charge is 1.00 e. The van der Waals surface area contributed by atoms with Crippen molar-refractivity contribution in [3.05, 3.63) is 24.3 Å². The average molecular weight is 286 g/mol. The van der Waals surface area contributed by atoms with Gasteiger partial charge in [-0.15, -0.1) is 0 Å². The molecule has 0 spiro atoms. The lowest BCUT2D eigenvalue weighted by Gasteiger charge is -2.27. The lowest BCUT2D eigenvalue weighted by atomic mass is 10.1. The number of hydroxylamine groups is 3. The number of quaternary nitrogens is 1. The number of nitrogens with zero attached hydrogens (tertiary/aromatic N) is 2. The molecule has 2 rings (SSSR count). The minimum atomic E-state index is 0. The first-order chi connectivity index (χ1) is 8.50. The Kier molecular flexibility index (Phi) is 5.47. The first-order valence-corrected chi connectivity index (χ1v) is 6.68. The van der Waals surface area contributed by atoms with Gasteiger partial charge in [0.25, 0.3) is 0 Å². The second-order valence-corrected chi connectivity index (χ2v) is 5.53. The van der Waals surface area contributed by atoms with Gasteiger partial charge in [0.2, 0.25) is 0 Å². The number of hydrogen-bond donors (Lipinski definition) is 2. The number of rotatable bonds is 4. The third-order valence-corrected chi connectivity index (χ3v) is 3.88. The van der Waals surface area contributed by atoms with Crippen molar-refractivity contribution in [3.8, 4) is 0 Å². The molecule has 3 N–H and O–H groups in total. The summed E-state index contributed by atoms with van der Waals surface area (Å²) >= 11 is 0. The fourth-order valence-corrected chi connectivity index (χ4v) is 2.59. The molecule has 0 radical (unpaired) electrons. The molecule has 0 saturated carbocycles. The van der Waals surface area contributed by atoms with Gasteiger partial charge >= 0.3 is 0 Å². The van der Waals surface area contributed by atoms with Crippen LogP contribution in [0.4, 0.5) is 11.4 Å². The van der Waals surface area contributed by atoms with Crippen molar-refractivity contribution < 1.29 is 22.3 Å². The van der Waals surface area contributed by atoms with Crippen LogP contribution < -0.4 is 23.0 Å². The van der Waals surface area contributed by atoms with E-state index in [2.05, 4.69) is 17.0 Å². The molecule has 0 amide bonds. The molecule has 0 bridgehead atoms. The summed E-state index contributed by atoms with van der Waals surface area (Å²) in [6.45, 7) is 5.71. The van der Waals surface area contributed by atoms with Gasteiger partial charge in [-0.1, -0.05) is 0 Å². The molecule has 1 aromatic rings. The van der Waals surface area contributed by atoms with E-state index in [0.717, 1.165) is 38.3 Å². The van der Waals surface area contributed by atoms with Crippen molar-refractivity contribution in [3.63, 3.8) is 0 Å². The van der Waals surface area contributed by atoms with Crippen molar-refractivity contribution >= 4 is 11.4 Å². The average Bonchev–Trinajstić information content (AvgIpc) is 2.78. The van der Waals surface area contributed by atoms with Gasteiger partial charge in [-0.25, -0.2) is 5.21 Å². The summed E-state index contributed by atoms with van der Waals surface area (Å²) in [5.41, 5.74) is 7.74. The third-order valence-electron chi connectivity index (χ3n) is 3.88. The fraction of sp³-hybridized carbons (Fsp3) is 0.571. The Morgan fingerprint density at radius 1 is 1.37 bits per heavy atom. The van der Waals surface area contributed by atoms with E-state index in [1.165, 1.54) is 5.69 Å². The number of nitrogen functional groups attached to an aromatic ring is 1. The molecular weight excluding hydrogens is 262 g/mol. The molecule has 1 aliphatic heterocycles. The lowest BCUT2D eigenvalue weighted by Crippen LogP contribution is -3.00. The first kappa shape index (κ1) is 16.1. The number of halogens is 1. The minimum absolute atomic E-state index is 0. The van der Waals surface area contributed by atoms with Crippen molar-refractivity contribution in [2.24, 2.45) is 5.92 Å². The Hall–Kier alpha value is -0.970. The van der Waals surface area contributed by atoms with Crippen LogP contribution in [0.5, 0.6) is 0 Å². The highest BCUT2D eigenvalue weighted by Crippen LogP contribution is 2.25. The van der Waals surface area contributed by atoms with Crippen molar-refractivity contribution in [1.29, 1.82) is 0 Å². The summed E-state index contributed by atoms with van der Waals surface area (Å²) in [6.07, 6.45) is 1.15. The highest BCUT2D eigenvalue weighted by Gasteiger charge is 2.29.